The van der Waals surface area contributed by atoms with Gasteiger partial charge in [-0.05, 0) is 55.3 Å². The molecule has 8 heteroatoms. The SMILES string of the molecule is Cc1cccc(C(=O)NC(C)c2cccc(OC(F)F)c2)c1NC(=O)c1ccncc1. The number of nitrogens with one attached hydrogen (secondary N) is 2. The molecule has 0 aliphatic carbocycles. The second kappa shape index (κ2) is 9.80. The van der Waals surface area contributed by atoms with Crippen molar-refractivity contribution in [1.29, 1.82) is 0 Å². The van der Waals surface area contributed by atoms with Crippen LogP contribution in [0.5, 0.6) is 5.75 Å². The predicted octanol–water partition coefficient (Wildman–Crippen LogP) is 4.73. The number of carbonyl (C=O) groups is 2. The third kappa shape index (κ3) is 5.63. The first-order valence-electron chi connectivity index (χ1n) is 9.52. The van der Waals surface area contributed by atoms with E-state index in [9.17, 15) is 18.4 Å². The van der Waals surface area contributed by atoms with Crippen molar-refractivity contribution >= 4 is 17.5 Å². The Bertz CT molecular complexity index is 1070. The van der Waals surface area contributed by atoms with Crippen LogP contribution in [0.15, 0.2) is 67.0 Å². The van der Waals surface area contributed by atoms with Crippen molar-refractivity contribution in [2.24, 2.45) is 0 Å². The molecule has 0 saturated heterocycles. The summed E-state index contributed by atoms with van der Waals surface area (Å²) in [5.41, 5.74) is 2.41. The van der Waals surface area contributed by atoms with Gasteiger partial charge < -0.3 is 15.4 Å². The van der Waals surface area contributed by atoms with Crippen molar-refractivity contribution in [2.45, 2.75) is 26.5 Å². The average molecular weight is 425 g/mol. The summed E-state index contributed by atoms with van der Waals surface area (Å²) in [6.45, 7) is 0.580. The van der Waals surface area contributed by atoms with Crippen LogP contribution in [0.25, 0.3) is 0 Å². The lowest BCUT2D eigenvalue weighted by Gasteiger charge is -2.18. The van der Waals surface area contributed by atoms with Crippen LogP contribution in [0.3, 0.4) is 0 Å². The number of halogens is 2. The van der Waals surface area contributed by atoms with E-state index < -0.39 is 18.6 Å². The molecule has 1 unspecified atom stereocenters. The minimum Gasteiger partial charge on any atom is -0.435 e. The number of hydrogen-bond acceptors (Lipinski definition) is 4. The molecule has 6 nitrogen and oxygen atoms in total. The fraction of sp³-hybridized carbons (Fsp3) is 0.174. The number of aromatic nitrogens is 1. The number of hydrogen-bond donors (Lipinski definition) is 2. The molecule has 0 fully saturated rings. The Morgan fingerprint density at radius 2 is 1.71 bits per heavy atom. The molecule has 0 bridgehead atoms. The maximum absolute atomic E-state index is 13.0. The summed E-state index contributed by atoms with van der Waals surface area (Å²) in [6, 6.07) is 13.9. The number of para-hydroxylation sites is 1. The number of rotatable bonds is 7. The van der Waals surface area contributed by atoms with Crippen molar-refractivity contribution < 1.29 is 23.1 Å². The second-order valence-corrected chi connectivity index (χ2v) is 6.83. The first-order valence-corrected chi connectivity index (χ1v) is 9.52. The number of alkyl halides is 2. The molecule has 2 N–H and O–H groups in total. The molecule has 3 aromatic rings. The quantitative estimate of drug-likeness (QED) is 0.573. The van der Waals surface area contributed by atoms with Gasteiger partial charge in [-0.3, -0.25) is 14.6 Å². The van der Waals surface area contributed by atoms with Crippen LogP contribution in [0.1, 0.15) is 44.8 Å². The Kier molecular flexibility index (Phi) is 6.92. The zero-order valence-electron chi connectivity index (χ0n) is 16.9. The Hall–Kier alpha value is -3.81. The monoisotopic (exact) mass is 425 g/mol. The fourth-order valence-electron chi connectivity index (χ4n) is 3.03. The number of pyridine rings is 1. The van der Waals surface area contributed by atoms with Crippen molar-refractivity contribution in [2.75, 3.05) is 5.32 Å². The normalized spacial score (nSPS) is 11.6. The van der Waals surface area contributed by atoms with E-state index in [2.05, 4.69) is 20.4 Å². The average Bonchev–Trinajstić information content (AvgIpc) is 2.75. The van der Waals surface area contributed by atoms with Gasteiger partial charge in [0.15, 0.2) is 0 Å². The molecule has 2 aromatic carbocycles. The third-order valence-corrected chi connectivity index (χ3v) is 4.63. The van der Waals surface area contributed by atoms with Gasteiger partial charge in [-0.2, -0.15) is 8.78 Å². The number of ether oxygens (including phenoxy) is 1. The molecular weight excluding hydrogens is 404 g/mol. The molecule has 0 radical (unpaired) electrons. The van der Waals surface area contributed by atoms with Gasteiger partial charge in [-0.1, -0.05) is 24.3 Å². The number of aryl methyl sites for hydroxylation is 1. The Labute approximate surface area is 178 Å². The van der Waals surface area contributed by atoms with Crippen LogP contribution in [-0.2, 0) is 0 Å². The van der Waals surface area contributed by atoms with Gasteiger partial charge in [0, 0.05) is 18.0 Å². The minimum absolute atomic E-state index is 0.00876. The summed E-state index contributed by atoms with van der Waals surface area (Å²) in [7, 11) is 0. The Morgan fingerprint density at radius 1 is 1.00 bits per heavy atom. The summed E-state index contributed by atoms with van der Waals surface area (Å²) in [6.07, 6.45) is 3.02. The standard InChI is InChI=1S/C23H21F2N3O3/c1-14-5-3-8-19(20(14)28-21(29)16-9-11-26-12-10-16)22(30)27-15(2)17-6-4-7-18(13-17)31-23(24)25/h3-13,15,23H,1-2H3,(H,27,30)(H,28,29). The number of nitrogens with zero attached hydrogens (tertiary/aromatic N) is 1. The minimum atomic E-state index is -2.93. The van der Waals surface area contributed by atoms with E-state index in [-0.39, 0.29) is 17.2 Å². The molecule has 2 amide bonds. The highest BCUT2D eigenvalue weighted by molar-refractivity contribution is 6.09. The highest BCUT2D eigenvalue weighted by Gasteiger charge is 2.19. The van der Waals surface area contributed by atoms with Gasteiger partial charge in [0.2, 0.25) is 0 Å². The number of anilines is 1. The summed E-state index contributed by atoms with van der Waals surface area (Å²) >= 11 is 0. The maximum atomic E-state index is 13.0. The molecule has 0 aliphatic rings. The second-order valence-electron chi connectivity index (χ2n) is 6.83. The lowest BCUT2D eigenvalue weighted by atomic mass is 10.0. The van der Waals surface area contributed by atoms with E-state index in [0.717, 1.165) is 5.56 Å². The lowest BCUT2D eigenvalue weighted by molar-refractivity contribution is -0.0499. The zero-order valence-corrected chi connectivity index (χ0v) is 16.9. The van der Waals surface area contributed by atoms with E-state index in [4.69, 9.17) is 0 Å². The first-order chi connectivity index (χ1) is 14.8. The zero-order chi connectivity index (χ0) is 22.4. The maximum Gasteiger partial charge on any atom is 0.387 e. The van der Waals surface area contributed by atoms with E-state index in [0.29, 0.717) is 16.8 Å². The summed E-state index contributed by atoms with van der Waals surface area (Å²) in [5.74, 6) is -0.772. The largest absolute Gasteiger partial charge is 0.435 e. The number of carbonyl (C=O) groups excluding carboxylic acids is 2. The van der Waals surface area contributed by atoms with E-state index in [1.807, 2.05) is 0 Å². The topological polar surface area (TPSA) is 80.3 Å². The van der Waals surface area contributed by atoms with Crippen molar-refractivity contribution in [1.82, 2.24) is 10.3 Å². The van der Waals surface area contributed by atoms with Gasteiger partial charge in [-0.25, -0.2) is 0 Å². The molecular formula is C23H21F2N3O3. The van der Waals surface area contributed by atoms with Crippen LogP contribution in [-0.4, -0.2) is 23.4 Å². The molecule has 1 heterocycles. The number of benzene rings is 2. The molecule has 0 aliphatic heterocycles. The highest BCUT2D eigenvalue weighted by Crippen LogP contribution is 2.24. The highest BCUT2D eigenvalue weighted by atomic mass is 19.3. The Balaban J connectivity index is 1.79. The van der Waals surface area contributed by atoms with Crippen LogP contribution in [0.2, 0.25) is 0 Å². The molecule has 31 heavy (non-hydrogen) atoms. The smallest absolute Gasteiger partial charge is 0.387 e. The fourth-order valence-corrected chi connectivity index (χ4v) is 3.03. The molecule has 1 aromatic heterocycles. The van der Waals surface area contributed by atoms with Crippen molar-refractivity contribution in [3.8, 4) is 5.75 Å². The molecule has 3 rings (SSSR count). The molecule has 0 saturated carbocycles. The van der Waals surface area contributed by atoms with Gasteiger partial charge in [-0.15, -0.1) is 0 Å². The summed E-state index contributed by atoms with van der Waals surface area (Å²) < 4.78 is 29.3. The lowest BCUT2D eigenvalue weighted by Crippen LogP contribution is -2.28. The number of amides is 2. The molecule has 1 atom stereocenters. The van der Waals surface area contributed by atoms with Crippen molar-refractivity contribution in [3.05, 3.63) is 89.2 Å². The summed E-state index contributed by atoms with van der Waals surface area (Å²) in [4.78, 5) is 29.4. The third-order valence-electron chi connectivity index (χ3n) is 4.63. The van der Waals surface area contributed by atoms with Gasteiger partial charge >= 0.3 is 6.61 Å². The van der Waals surface area contributed by atoms with Gasteiger partial charge in [0.05, 0.1) is 17.3 Å². The van der Waals surface area contributed by atoms with Crippen LogP contribution in [0, 0.1) is 6.92 Å². The predicted molar refractivity (Wildman–Crippen MR) is 112 cm³/mol. The van der Waals surface area contributed by atoms with Crippen molar-refractivity contribution in [3.63, 3.8) is 0 Å². The van der Waals surface area contributed by atoms with Gasteiger partial charge in [0.25, 0.3) is 11.8 Å². The molecule has 160 valence electrons. The van der Waals surface area contributed by atoms with Crippen LogP contribution < -0.4 is 15.4 Å². The van der Waals surface area contributed by atoms with Crippen LogP contribution in [0.4, 0.5) is 14.5 Å². The van der Waals surface area contributed by atoms with E-state index >= 15 is 0 Å². The summed E-state index contributed by atoms with van der Waals surface area (Å²) in [5, 5.41) is 5.62. The first kappa shape index (κ1) is 21.9. The Morgan fingerprint density at radius 3 is 2.42 bits per heavy atom. The van der Waals surface area contributed by atoms with Gasteiger partial charge in [0.1, 0.15) is 5.75 Å². The molecule has 0 spiro atoms. The van der Waals surface area contributed by atoms with Crippen LogP contribution >= 0.6 is 0 Å². The van der Waals surface area contributed by atoms with E-state index in [1.54, 1.807) is 56.3 Å². The van der Waals surface area contributed by atoms with E-state index in [1.165, 1.54) is 24.5 Å².